The second-order valence-electron chi connectivity index (χ2n) is 9.72. The van der Waals surface area contributed by atoms with E-state index in [9.17, 15) is 18.8 Å². The first kappa shape index (κ1) is 26.4. The molecule has 2 fully saturated rings. The van der Waals surface area contributed by atoms with E-state index in [1.165, 1.54) is 18.6 Å². The summed E-state index contributed by atoms with van der Waals surface area (Å²) in [5, 5.41) is 14.5. The van der Waals surface area contributed by atoms with Crippen LogP contribution in [0, 0.1) is 17.7 Å². The number of aliphatic carboxylic acids is 1. The van der Waals surface area contributed by atoms with Gasteiger partial charge in [-0.1, -0.05) is 6.42 Å². The van der Waals surface area contributed by atoms with Crippen LogP contribution in [0.25, 0.3) is 0 Å². The van der Waals surface area contributed by atoms with Gasteiger partial charge >= 0.3 is 5.97 Å². The standard InChI is InChI=1S/C28H33FN2O6/c29-24-16-21(8-13-25(24)36-17-18-2-1-3-18)27(33)31-15-14-30-26(32)19-4-9-22(10-5-19)37-23-11-6-20(7-12-23)28(34)35/h4-5,8-10,13,16,18,20,23H,1-3,6-7,11-12,14-15,17H2,(H,30,32)(H,31,33)(H,34,35)/t20-,23+. The van der Waals surface area contributed by atoms with Crippen molar-refractivity contribution in [2.45, 2.75) is 51.0 Å². The van der Waals surface area contributed by atoms with E-state index >= 15 is 0 Å². The second-order valence-corrected chi connectivity index (χ2v) is 9.72. The minimum Gasteiger partial charge on any atom is -0.490 e. The van der Waals surface area contributed by atoms with Gasteiger partial charge < -0.3 is 25.2 Å². The van der Waals surface area contributed by atoms with E-state index in [-0.39, 0.29) is 42.3 Å². The van der Waals surface area contributed by atoms with Gasteiger partial charge in [0.15, 0.2) is 11.6 Å². The number of hydrogen-bond donors (Lipinski definition) is 3. The van der Waals surface area contributed by atoms with Crippen molar-refractivity contribution in [3.63, 3.8) is 0 Å². The Balaban J connectivity index is 1.15. The maximum atomic E-state index is 14.3. The summed E-state index contributed by atoms with van der Waals surface area (Å²) in [6.45, 7) is 0.889. The molecule has 198 valence electrons. The normalized spacial score (nSPS) is 19.4. The van der Waals surface area contributed by atoms with Gasteiger partial charge in [-0.05, 0) is 86.9 Å². The Morgan fingerprint density at radius 3 is 2.05 bits per heavy atom. The Morgan fingerprint density at radius 1 is 0.865 bits per heavy atom. The summed E-state index contributed by atoms with van der Waals surface area (Å²) in [6, 6.07) is 10.9. The minimum atomic E-state index is -0.749. The molecule has 0 aliphatic heterocycles. The molecule has 2 saturated carbocycles. The van der Waals surface area contributed by atoms with E-state index in [1.807, 2.05) is 0 Å². The van der Waals surface area contributed by atoms with Crippen molar-refractivity contribution in [1.82, 2.24) is 10.6 Å². The van der Waals surface area contributed by atoms with Crippen LogP contribution in [0.1, 0.15) is 65.7 Å². The Kier molecular flexibility index (Phi) is 8.98. The maximum Gasteiger partial charge on any atom is 0.306 e. The van der Waals surface area contributed by atoms with E-state index in [2.05, 4.69) is 10.6 Å². The molecule has 0 bridgehead atoms. The summed E-state index contributed by atoms with van der Waals surface area (Å²) in [6.07, 6.45) is 5.97. The molecular weight excluding hydrogens is 479 g/mol. The third kappa shape index (κ3) is 7.44. The number of amides is 2. The SMILES string of the molecule is O=C(NCCNC(=O)c1ccc(OCC2CCC2)c(F)c1)c1ccc(O[C@H]2CC[C@@H](C(=O)O)CC2)cc1. The number of carboxylic acids is 1. The topological polar surface area (TPSA) is 114 Å². The van der Waals surface area contributed by atoms with E-state index in [1.54, 1.807) is 24.3 Å². The molecule has 3 N–H and O–H groups in total. The van der Waals surface area contributed by atoms with Crippen molar-refractivity contribution in [1.29, 1.82) is 0 Å². The number of carbonyl (C=O) groups is 3. The quantitative estimate of drug-likeness (QED) is 0.389. The van der Waals surface area contributed by atoms with Crippen LogP contribution in [-0.4, -0.2) is 48.7 Å². The van der Waals surface area contributed by atoms with Crippen LogP contribution < -0.4 is 20.1 Å². The van der Waals surface area contributed by atoms with Gasteiger partial charge in [0, 0.05) is 24.2 Å². The molecule has 2 aliphatic carbocycles. The lowest BCUT2D eigenvalue weighted by molar-refractivity contribution is -0.143. The fourth-order valence-electron chi connectivity index (χ4n) is 4.49. The predicted octanol–water partition coefficient (Wildman–Crippen LogP) is 4.19. The average molecular weight is 513 g/mol. The molecule has 0 spiro atoms. The van der Waals surface area contributed by atoms with Gasteiger partial charge in [-0.2, -0.15) is 0 Å². The van der Waals surface area contributed by atoms with Crippen LogP contribution in [0.15, 0.2) is 42.5 Å². The predicted molar refractivity (Wildman–Crippen MR) is 134 cm³/mol. The first-order valence-corrected chi connectivity index (χ1v) is 12.9. The molecule has 2 amide bonds. The maximum absolute atomic E-state index is 14.3. The van der Waals surface area contributed by atoms with Crippen LogP contribution >= 0.6 is 0 Å². The number of halogens is 1. The monoisotopic (exact) mass is 512 g/mol. The van der Waals surface area contributed by atoms with E-state index < -0.39 is 17.7 Å². The highest BCUT2D eigenvalue weighted by Crippen LogP contribution is 2.29. The lowest BCUT2D eigenvalue weighted by Crippen LogP contribution is -2.34. The fraction of sp³-hybridized carbons (Fsp3) is 0.464. The molecule has 0 aromatic heterocycles. The Labute approximate surface area is 215 Å². The van der Waals surface area contributed by atoms with Crippen molar-refractivity contribution in [3.8, 4) is 11.5 Å². The Hall–Kier alpha value is -3.62. The van der Waals surface area contributed by atoms with Gasteiger partial charge in [0.2, 0.25) is 0 Å². The lowest BCUT2D eigenvalue weighted by Gasteiger charge is -2.26. The zero-order valence-corrected chi connectivity index (χ0v) is 20.7. The lowest BCUT2D eigenvalue weighted by atomic mass is 9.86. The summed E-state index contributed by atoms with van der Waals surface area (Å²) in [7, 11) is 0. The minimum absolute atomic E-state index is 0.0246. The average Bonchev–Trinajstić information content (AvgIpc) is 2.87. The molecule has 0 unspecified atom stereocenters. The Bertz CT molecular complexity index is 1090. The molecule has 0 saturated heterocycles. The number of rotatable bonds is 11. The van der Waals surface area contributed by atoms with Gasteiger partial charge in [0.1, 0.15) is 5.75 Å². The molecule has 0 radical (unpaired) electrons. The van der Waals surface area contributed by atoms with Crippen molar-refractivity contribution >= 4 is 17.8 Å². The molecular formula is C28H33FN2O6. The number of benzene rings is 2. The summed E-state index contributed by atoms with van der Waals surface area (Å²) >= 11 is 0. The Morgan fingerprint density at radius 2 is 1.49 bits per heavy atom. The molecule has 2 aromatic rings. The number of carbonyl (C=O) groups excluding carboxylic acids is 2. The number of ether oxygens (including phenoxy) is 2. The van der Waals surface area contributed by atoms with Gasteiger partial charge in [-0.3, -0.25) is 14.4 Å². The van der Waals surface area contributed by atoms with Crippen molar-refractivity contribution in [2.75, 3.05) is 19.7 Å². The summed E-state index contributed by atoms with van der Waals surface area (Å²) in [4.78, 5) is 35.8. The number of carboxylic acid groups (broad SMARTS) is 1. The van der Waals surface area contributed by atoms with Crippen LogP contribution in [0.4, 0.5) is 4.39 Å². The van der Waals surface area contributed by atoms with Gasteiger partial charge in [-0.15, -0.1) is 0 Å². The fourth-order valence-corrected chi connectivity index (χ4v) is 4.49. The largest absolute Gasteiger partial charge is 0.490 e. The third-order valence-electron chi connectivity index (χ3n) is 7.03. The zero-order valence-electron chi connectivity index (χ0n) is 20.7. The summed E-state index contributed by atoms with van der Waals surface area (Å²) < 4.78 is 25.7. The highest BCUT2D eigenvalue weighted by molar-refractivity contribution is 5.95. The molecule has 37 heavy (non-hydrogen) atoms. The van der Waals surface area contributed by atoms with E-state index in [4.69, 9.17) is 14.6 Å². The summed E-state index contributed by atoms with van der Waals surface area (Å²) in [5.74, 6) is -1.06. The van der Waals surface area contributed by atoms with Crippen LogP contribution in [0.3, 0.4) is 0 Å². The zero-order chi connectivity index (χ0) is 26.2. The smallest absolute Gasteiger partial charge is 0.306 e. The molecule has 0 atom stereocenters. The van der Waals surface area contributed by atoms with Crippen molar-refractivity contribution < 1.29 is 33.4 Å². The van der Waals surface area contributed by atoms with Gasteiger partial charge in [0.05, 0.1) is 18.6 Å². The highest BCUT2D eigenvalue weighted by Gasteiger charge is 2.27. The molecule has 2 aliphatic rings. The third-order valence-corrected chi connectivity index (χ3v) is 7.03. The first-order valence-electron chi connectivity index (χ1n) is 12.9. The van der Waals surface area contributed by atoms with Crippen LogP contribution in [-0.2, 0) is 4.79 Å². The molecule has 4 rings (SSSR count). The van der Waals surface area contributed by atoms with Crippen LogP contribution in [0.5, 0.6) is 11.5 Å². The molecule has 8 nitrogen and oxygen atoms in total. The second kappa shape index (κ2) is 12.6. The first-order chi connectivity index (χ1) is 17.9. The van der Waals surface area contributed by atoms with Gasteiger partial charge in [-0.25, -0.2) is 4.39 Å². The summed E-state index contributed by atoms with van der Waals surface area (Å²) in [5.41, 5.74) is 0.639. The highest BCUT2D eigenvalue weighted by atomic mass is 19.1. The van der Waals surface area contributed by atoms with E-state index in [0.29, 0.717) is 49.5 Å². The van der Waals surface area contributed by atoms with Crippen LogP contribution in [0.2, 0.25) is 0 Å². The molecule has 2 aromatic carbocycles. The van der Waals surface area contributed by atoms with Crippen molar-refractivity contribution in [2.24, 2.45) is 11.8 Å². The number of nitrogens with one attached hydrogen (secondary N) is 2. The molecule has 0 heterocycles. The number of hydrogen-bond acceptors (Lipinski definition) is 5. The molecule has 9 heteroatoms. The van der Waals surface area contributed by atoms with Gasteiger partial charge in [0.25, 0.3) is 11.8 Å². The van der Waals surface area contributed by atoms with Crippen molar-refractivity contribution in [3.05, 3.63) is 59.4 Å². The van der Waals surface area contributed by atoms with E-state index in [0.717, 1.165) is 18.9 Å².